The van der Waals surface area contributed by atoms with E-state index in [1.807, 2.05) is 48.3 Å². The Morgan fingerprint density at radius 3 is 2.62 bits per heavy atom. The highest BCUT2D eigenvalue weighted by Crippen LogP contribution is 2.33. The summed E-state index contributed by atoms with van der Waals surface area (Å²) in [5.74, 6) is -0.291. The lowest BCUT2D eigenvalue weighted by atomic mass is 9.87. The lowest BCUT2D eigenvalue weighted by Crippen LogP contribution is -2.44. The van der Waals surface area contributed by atoms with E-state index in [4.69, 9.17) is 0 Å². The molecule has 0 spiro atoms. The Morgan fingerprint density at radius 2 is 1.81 bits per heavy atom. The van der Waals surface area contributed by atoms with Crippen LogP contribution >= 0.6 is 0 Å². The third-order valence-electron chi connectivity index (χ3n) is 4.81. The highest BCUT2D eigenvalue weighted by molar-refractivity contribution is 5.95. The summed E-state index contributed by atoms with van der Waals surface area (Å²) in [6, 6.07) is 17.8. The average Bonchev–Trinajstić information content (AvgIpc) is 2.66. The van der Waals surface area contributed by atoms with Crippen LogP contribution in [0.3, 0.4) is 0 Å². The predicted octanol–water partition coefficient (Wildman–Crippen LogP) is 3.02. The van der Waals surface area contributed by atoms with Crippen LogP contribution in [-0.4, -0.2) is 30.4 Å². The summed E-state index contributed by atoms with van der Waals surface area (Å²) in [5.41, 5.74) is 3.64. The number of imide groups is 1. The Morgan fingerprint density at radius 1 is 1.08 bits per heavy atom. The van der Waals surface area contributed by atoms with Crippen molar-refractivity contribution in [1.82, 2.24) is 15.5 Å². The molecular weight excluding hydrogens is 326 g/mol. The number of carbonyl (C=O) groups excluding carboxylic acids is 2. The van der Waals surface area contributed by atoms with Crippen LogP contribution in [0.25, 0.3) is 0 Å². The fourth-order valence-electron chi connectivity index (χ4n) is 3.51. The summed E-state index contributed by atoms with van der Waals surface area (Å²) in [6.07, 6.45) is 3.24. The van der Waals surface area contributed by atoms with Gasteiger partial charge in [0.15, 0.2) is 0 Å². The van der Waals surface area contributed by atoms with Gasteiger partial charge in [0.05, 0.1) is 6.54 Å². The summed E-state index contributed by atoms with van der Waals surface area (Å²) >= 11 is 0. The summed E-state index contributed by atoms with van der Waals surface area (Å²) in [7, 11) is 1.94. The van der Waals surface area contributed by atoms with Crippen LogP contribution in [0.4, 0.5) is 4.79 Å². The molecule has 1 aliphatic rings. The van der Waals surface area contributed by atoms with Crippen LogP contribution in [0.15, 0.2) is 54.6 Å². The molecule has 0 aromatic heterocycles. The molecule has 0 saturated carbocycles. The van der Waals surface area contributed by atoms with Crippen molar-refractivity contribution in [3.05, 3.63) is 71.3 Å². The molecule has 5 nitrogen and oxygen atoms in total. The third kappa shape index (κ3) is 4.70. The number of nitrogens with one attached hydrogen (secondary N) is 2. The van der Waals surface area contributed by atoms with Gasteiger partial charge in [-0.15, -0.1) is 0 Å². The fraction of sp³-hybridized carbons (Fsp3) is 0.333. The summed E-state index contributed by atoms with van der Waals surface area (Å²) < 4.78 is 0. The van der Waals surface area contributed by atoms with Gasteiger partial charge in [-0.2, -0.15) is 0 Å². The van der Waals surface area contributed by atoms with Gasteiger partial charge in [0.25, 0.3) is 0 Å². The Labute approximate surface area is 154 Å². The van der Waals surface area contributed by atoms with E-state index in [0.717, 1.165) is 24.8 Å². The smallest absolute Gasteiger partial charge is 0.321 e. The Balaban J connectivity index is 1.49. The van der Waals surface area contributed by atoms with Gasteiger partial charge < -0.3 is 5.32 Å². The van der Waals surface area contributed by atoms with Crippen LogP contribution in [0.5, 0.6) is 0 Å². The van der Waals surface area contributed by atoms with E-state index < -0.39 is 6.03 Å². The molecule has 0 fully saturated rings. The van der Waals surface area contributed by atoms with Gasteiger partial charge in [-0.25, -0.2) is 4.79 Å². The SMILES string of the molecule is CN(CC(=O)NC(=O)NCc1ccccc1)[C@@H]1CCCc2ccccc21. The van der Waals surface area contributed by atoms with E-state index in [9.17, 15) is 9.59 Å². The molecule has 0 unspecified atom stereocenters. The molecule has 5 heteroatoms. The number of nitrogens with zero attached hydrogens (tertiary/aromatic N) is 1. The maximum Gasteiger partial charge on any atom is 0.321 e. The summed E-state index contributed by atoms with van der Waals surface area (Å²) in [5, 5.41) is 5.12. The van der Waals surface area contributed by atoms with E-state index >= 15 is 0 Å². The van der Waals surface area contributed by atoms with E-state index in [1.165, 1.54) is 11.1 Å². The highest BCUT2D eigenvalue weighted by Gasteiger charge is 2.24. The van der Waals surface area contributed by atoms with E-state index in [2.05, 4.69) is 28.8 Å². The van der Waals surface area contributed by atoms with Crippen LogP contribution in [0.1, 0.15) is 35.6 Å². The maximum absolute atomic E-state index is 12.2. The number of hydrogen-bond donors (Lipinski definition) is 2. The van der Waals surface area contributed by atoms with Crippen molar-refractivity contribution < 1.29 is 9.59 Å². The van der Waals surface area contributed by atoms with Gasteiger partial charge in [-0.05, 0) is 43.0 Å². The maximum atomic E-state index is 12.2. The first-order chi connectivity index (χ1) is 12.6. The first-order valence-electron chi connectivity index (χ1n) is 9.03. The van der Waals surface area contributed by atoms with E-state index in [-0.39, 0.29) is 18.5 Å². The van der Waals surface area contributed by atoms with Gasteiger partial charge in [0.2, 0.25) is 5.91 Å². The minimum Gasteiger partial charge on any atom is -0.334 e. The molecule has 1 aliphatic carbocycles. The number of rotatable bonds is 5. The standard InChI is InChI=1S/C21H25N3O2/c1-24(19-13-7-11-17-10-5-6-12-18(17)19)15-20(25)23-21(26)22-14-16-8-3-2-4-9-16/h2-6,8-10,12,19H,7,11,13-15H2,1H3,(H2,22,23,25,26)/t19-/m1/s1. The zero-order chi connectivity index (χ0) is 18.4. The Hall–Kier alpha value is -2.66. The van der Waals surface area contributed by atoms with Crippen LogP contribution in [0, 0.1) is 0 Å². The van der Waals surface area contributed by atoms with Gasteiger partial charge in [0, 0.05) is 12.6 Å². The largest absolute Gasteiger partial charge is 0.334 e. The average molecular weight is 351 g/mol. The van der Waals surface area contributed by atoms with Crippen molar-refractivity contribution in [2.24, 2.45) is 0 Å². The quantitative estimate of drug-likeness (QED) is 0.870. The number of benzene rings is 2. The van der Waals surface area contributed by atoms with E-state index in [0.29, 0.717) is 6.54 Å². The number of likely N-dealkylation sites (N-methyl/N-ethyl adjacent to an activating group) is 1. The number of amides is 3. The molecule has 1 atom stereocenters. The van der Waals surface area contributed by atoms with Crippen LogP contribution < -0.4 is 10.6 Å². The number of fused-ring (bicyclic) bond motifs is 1. The summed E-state index contributed by atoms with van der Waals surface area (Å²) in [4.78, 5) is 26.2. The molecule has 2 aromatic carbocycles. The fourth-order valence-corrected chi connectivity index (χ4v) is 3.51. The lowest BCUT2D eigenvalue weighted by molar-refractivity contribution is -0.121. The van der Waals surface area contributed by atoms with E-state index in [1.54, 1.807) is 0 Å². The second-order valence-corrected chi connectivity index (χ2v) is 6.74. The number of urea groups is 1. The van der Waals surface area contributed by atoms with Gasteiger partial charge >= 0.3 is 6.03 Å². The minimum absolute atomic E-state index is 0.192. The molecule has 26 heavy (non-hydrogen) atoms. The zero-order valence-electron chi connectivity index (χ0n) is 15.1. The van der Waals surface area contributed by atoms with Gasteiger partial charge in [-0.3, -0.25) is 15.0 Å². The zero-order valence-corrected chi connectivity index (χ0v) is 15.1. The van der Waals surface area contributed by atoms with Gasteiger partial charge in [-0.1, -0.05) is 54.6 Å². The second kappa shape index (κ2) is 8.63. The van der Waals surface area contributed by atoms with Gasteiger partial charge in [0.1, 0.15) is 0 Å². The van der Waals surface area contributed by atoms with Crippen molar-refractivity contribution in [2.45, 2.75) is 31.8 Å². The first-order valence-corrected chi connectivity index (χ1v) is 9.03. The lowest BCUT2D eigenvalue weighted by Gasteiger charge is -2.32. The van der Waals surface area contributed by atoms with Crippen molar-refractivity contribution >= 4 is 11.9 Å². The minimum atomic E-state index is -0.462. The number of hydrogen-bond acceptors (Lipinski definition) is 3. The predicted molar refractivity (Wildman–Crippen MR) is 102 cm³/mol. The van der Waals surface area contributed by atoms with Crippen molar-refractivity contribution in [1.29, 1.82) is 0 Å². The van der Waals surface area contributed by atoms with Crippen LogP contribution in [0.2, 0.25) is 0 Å². The topological polar surface area (TPSA) is 61.4 Å². The molecule has 3 rings (SSSR count). The Kier molecular flexibility index (Phi) is 6.02. The first kappa shape index (κ1) is 18.1. The summed E-state index contributed by atoms with van der Waals surface area (Å²) in [6.45, 7) is 0.587. The third-order valence-corrected chi connectivity index (χ3v) is 4.81. The monoisotopic (exact) mass is 351 g/mol. The highest BCUT2D eigenvalue weighted by atomic mass is 16.2. The number of aryl methyl sites for hydroxylation is 1. The van der Waals surface area contributed by atoms with Crippen molar-refractivity contribution in [3.8, 4) is 0 Å². The molecule has 0 radical (unpaired) electrons. The molecular formula is C21H25N3O2. The van der Waals surface area contributed by atoms with Crippen LogP contribution in [-0.2, 0) is 17.8 Å². The molecule has 2 aromatic rings. The molecule has 0 bridgehead atoms. The normalized spacial score (nSPS) is 16.0. The molecule has 0 heterocycles. The Bertz CT molecular complexity index is 761. The molecule has 3 amide bonds. The molecule has 2 N–H and O–H groups in total. The molecule has 136 valence electrons. The van der Waals surface area contributed by atoms with Crippen molar-refractivity contribution in [3.63, 3.8) is 0 Å². The molecule has 0 aliphatic heterocycles. The second-order valence-electron chi connectivity index (χ2n) is 6.74. The number of carbonyl (C=O) groups is 2. The molecule has 0 saturated heterocycles. The van der Waals surface area contributed by atoms with Crippen molar-refractivity contribution in [2.75, 3.05) is 13.6 Å².